The van der Waals surface area contributed by atoms with E-state index in [1.165, 1.54) is 6.33 Å². The minimum Gasteiger partial charge on any atom is -0.493 e. The van der Waals surface area contributed by atoms with E-state index in [2.05, 4.69) is 20.6 Å². The molecule has 0 atom stereocenters. The van der Waals surface area contributed by atoms with Crippen LogP contribution in [0.4, 0.5) is 5.69 Å². The van der Waals surface area contributed by atoms with Crippen LogP contribution >= 0.6 is 12.2 Å². The first-order chi connectivity index (χ1) is 17.0. The predicted molar refractivity (Wildman–Crippen MR) is 138 cm³/mol. The Labute approximate surface area is 208 Å². The van der Waals surface area contributed by atoms with Crippen molar-refractivity contribution in [3.8, 4) is 23.1 Å². The minimum atomic E-state index is -0.181. The highest BCUT2D eigenvalue weighted by Gasteiger charge is 2.13. The van der Waals surface area contributed by atoms with E-state index in [0.717, 1.165) is 11.1 Å². The van der Waals surface area contributed by atoms with Gasteiger partial charge in [-0.1, -0.05) is 24.3 Å². The van der Waals surface area contributed by atoms with Gasteiger partial charge in [-0.3, -0.25) is 4.79 Å². The Balaban J connectivity index is 1.40. The molecule has 0 fully saturated rings. The maximum atomic E-state index is 12.3. The number of hydrogen-bond acceptors (Lipinski definition) is 7. The van der Waals surface area contributed by atoms with Crippen molar-refractivity contribution in [2.45, 2.75) is 13.3 Å². The molecule has 8 nitrogen and oxygen atoms in total. The number of aryl methyl sites for hydroxylation is 1. The van der Waals surface area contributed by atoms with Crippen molar-refractivity contribution in [2.24, 2.45) is 0 Å². The van der Waals surface area contributed by atoms with Gasteiger partial charge in [0, 0.05) is 11.8 Å². The molecular weight excluding hydrogens is 464 g/mol. The number of amides is 1. The average Bonchev–Trinajstić information content (AvgIpc) is 2.86. The highest BCUT2D eigenvalue weighted by atomic mass is 32.1. The third-order valence-electron chi connectivity index (χ3n) is 5.30. The van der Waals surface area contributed by atoms with E-state index in [9.17, 15) is 4.79 Å². The Morgan fingerprint density at radius 1 is 0.971 bits per heavy atom. The molecule has 0 saturated carbocycles. The number of carbonyl (C=O) groups excluding carboxylic acids is 1. The summed E-state index contributed by atoms with van der Waals surface area (Å²) in [7, 11) is 3.13. The zero-order valence-electron chi connectivity index (χ0n) is 19.5. The molecule has 0 aliphatic carbocycles. The third-order valence-corrected chi connectivity index (χ3v) is 5.50. The topological polar surface area (TPSA) is 94.6 Å². The normalized spacial score (nSPS) is 10.5. The van der Waals surface area contributed by atoms with Crippen LogP contribution in [-0.4, -0.2) is 35.2 Å². The summed E-state index contributed by atoms with van der Waals surface area (Å²) < 4.78 is 16.7. The second kappa shape index (κ2) is 10.8. The number of hydrogen-bond donors (Lipinski definition) is 2. The standard InChI is InChI=1S/C26H24N4O4S/c1-16-6-4-5-7-17(16)12-24(31)30-26(35)29-18-8-10-19(11-9-18)34-25-20-13-22(32-2)23(33-3)14-21(20)27-15-28-25/h4-11,13-15H,12H2,1-3H3,(H2,29,30,31,35). The zero-order valence-corrected chi connectivity index (χ0v) is 20.3. The number of nitrogens with one attached hydrogen (secondary N) is 2. The summed E-state index contributed by atoms with van der Waals surface area (Å²) in [5.74, 6) is 1.90. The predicted octanol–water partition coefficient (Wildman–Crippen LogP) is 4.80. The fourth-order valence-corrected chi connectivity index (χ4v) is 3.70. The highest BCUT2D eigenvalue weighted by molar-refractivity contribution is 7.80. The molecule has 0 radical (unpaired) electrons. The molecule has 0 aliphatic heterocycles. The number of nitrogens with zero attached hydrogens (tertiary/aromatic N) is 2. The number of rotatable bonds is 7. The molecule has 1 amide bonds. The summed E-state index contributed by atoms with van der Waals surface area (Å²) in [6.45, 7) is 1.97. The second-order valence-electron chi connectivity index (χ2n) is 7.64. The van der Waals surface area contributed by atoms with Crippen molar-refractivity contribution in [2.75, 3.05) is 19.5 Å². The lowest BCUT2D eigenvalue weighted by Crippen LogP contribution is -2.35. The first kappa shape index (κ1) is 23.9. The quantitative estimate of drug-likeness (QED) is 0.358. The minimum absolute atomic E-state index is 0.181. The van der Waals surface area contributed by atoms with Gasteiger partial charge in [0.15, 0.2) is 16.6 Å². The van der Waals surface area contributed by atoms with E-state index in [0.29, 0.717) is 39.7 Å². The van der Waals surface area contributed by atoms with Crippen LogP contribution in [0.1, 0.15) is 11.1 Å². The van der Waals surface area contributed by atoms with E-state index in [-0.39, 0.29) is 17.4 Å². The largest absolute Gasteiger partial charge is 0.493 e. The summed E-state index contributed by atoms with van der Waals surface area (Å²) in [6, 6.07) is 18.4. The molecule has 1 heterocycles. The van der Waals surface area contributed by atoms with Crippen LogP contribution in [0.5, 0.6) is 23.1 Å². The fourth-order valence-electron chi connectivity index (χ4n) is 3.47. The number of thiocarbonyl (C=S) groups is 1. The van der Waals surface area contributed by atoms with Crippen molar-refractivity contribution in [1.29, 1.82) is 0 Å². The first-order valence-electron chi connectivity index (χ1n) is 10.8. The molecule has 1 aromatic heterocycles. The molecule has 4 aromatic rings. The van der Waals surface area contributed by atoms with E-state index in [1.54, 1.807) is 50.6 Å². The maximum Gasteiger partial charge on any atom is 0.230 e. The Morgan fingerprint density at radius 3 is 2.40 bits per heavy atom. The number of carbonyl (C=O) groups is 1. The highest BCUT2D eigenvalue weighted by Crippen LogP contribution is 2.35. The molecular formula is C26H24N4O4S. The van der Waals surface area contributed by atoms with E-state index in [4.69, 9.17) is 26.4 Å². The molecule has 4 rings (SSSR count). The van der Waals surface area contributed by atoms with Gasteiger partial charge in [0.25, 0.3) is 0 Å². The number of fused-ring (bicyclic) bond motifs is 1. The van der Waals surface area contributed by atoms with Crippen molar-refractivity contribution in [3.63, 3.8) is 0 Å². The number of aromatic nitrogens is 2. The van der Waals surface area contributed by atoms with Crippen molar-refractivity contribution in [3.05, 3.63) is 78.1 Å². The molecule has 0 saturated heterocycles. The van der Waals surface area contributed by atoms with Crippen molar-refractivity contribution < 1.29 is 19.0 Å². The molecule has 3 aromatic carbocycles. The number of ether oxygens (including phenoxy) is 3. The van der Waals surface area contributed by atoms with E-state index < -0.39 is 0 Å². The van der Waals surface area contributed by atoms with Crippen LogP contribution in [0.3, 0.4) is 0 Å². The molecule has 0 bridgehead atoms. The van der Waals surface area contributed by atoms with Crippen LogP contribution in [0.15, 0.2) is 67.0 Å². The van der Waals surface area contributed by atoms with E-state index in [1.807, 2.05) is 31.2 Å². The smallest absolute Gasteiger partial charge is 0.230 e. The third kappa shape index (κ3) is 5.82. The summed E-state index contributed by atoms with van der Waals surface area (Å²) in [5.41, 5.74) is 3.39. The molecule has 2 N–H and O–H groups in total. The first-order valence-corrected chi connectivity index (χ1v) is 11.2. The monoisotopic (exact) mass is 488 g/mol. The van der Waals surface area contributed by atoms with Crippen LogP contribution in [0, 0.1) is 6.92 Å². The SMILES string of the molecule is COc1cc2ncnc(Oc3ccc(NC(=S)NC(=O)Cc4ccccc4C)cc3)c2cc1OC. The molecule has 0 aliphatic rings. The van der Waals surface area contributed by atoms with Gasteiger partial charge in [-0.15, -0.1) is 0 Å². The van der Waals surface area contributed by atoms with Gasteiger partial charge >= 0.3 is 0 Å². The van der Waals surface area contributed by atoms with E-state index >= 15 is 0 Å². The maximum absolute atomic E-state index is 12.3. The Morgan fingerprint density at radius 2 is 1.69 bits per heavy atom. The number of methoxy groups -OCH3 is 2. The summed E-state index contributed by atoms with van der Waals surface area (Å²) in [6.07, 6.45) is 1.68. The summed E-state index contributed by atoms with van der Waals surface area (Å²) >= 11 is 5.28. The molecule has 0 spiro atoms. The Hall–Kier alpha value is -4.24. The van der Waals surface area contributed by atoms with Crippen LogP contribution in [0.2, 0.25) is 0 Å². The van der Waals surface area contributed by atoms with Gasteiger partial charge < -0.3 is 24.8 Å². The summed E-state index contributed by atoms with van der Waals surface area (Å²) in [5, 5.41) is 6.63. The lowest BCUT2D eigenvalue weighted by atomic mass is 10.1. The van der Waals surface area contributed by atoms with Crippen LogP contribution in [-0.2, 0) is 11.2 Å². The van der Waals surface area contributed by atoms with Gasteiger partial charge in [-0.05, 0) is 60.6 Å². The van der Waals surface area contributed by atoms with Crippen molar-refractivity contribution in [1.82, 2.24) is 15.3 Å². The van der Waals surface area contributed by atoms with Gasteiger partial charge in [-0.25, -0.2) is 9.97 Å². The van der Waals surface area contributed by atoms with Gasteiger partial charge in [0.05, 0.1) is 31.5 Å². The van der Waals surface area contributed by atoms with Crippen LogP contribution in [0.25, 0.3) is 10.9 Å². The lowest BCUT2D eigenvalue weighted by molar-refractivity contribution is -0.119. The molecule has 0 unspecified atom stereocenters. The fraction of sp³-hybridized carbons (Fsp3) is 0.154. The average molecular weight is 489 g/mol. The molecule has 9 heteroatoms. The second-order valence-corrected chi connectivity index (χ2v) is 8.04. The van der Waals surface area contributed by atoms with Crippen LogP contribution < -0.4 is 24.8 Å². The molecule has 35 heavy (non-hydrogen) atoms. The molecule has 178 valence electrons. The lowest BCUT2D eigenvalue weighted by Gasteiger charge is -2.12. The zero-order chi connectivity index (χ0) is 24.8. The van der Waals surface area contributed by atoms with Gasteiger partial charge in [0.2, 0.25) is 11.8 Å². The Bertz CT molecular complexity index is 1380. The number of anilines is 1. The van der Waals surface area contributed by atoms with Crippen molar-refractivity contribution >= 4 is 39.8 Å². The van der Waals surface area contributed by atoms with Gasteiger partial charge in [0.1, 0.15) is 12.1 Å². The number of benzene rings is 3. The van der Waals surface area contributed by atoms with Gasteiger partial charge in [-0.2, -0.15) is 0 Å². The Kier molecular flexibility index (Phi) is 7.37. The summed E-state index contributed by atoms with van der Waals surface area (Å²) in [4.78, 5) is 20.9.